The molecule has 1 aromatic carbocycles. The van der Waals surface area contributed by atoms with Crippen LogP contribution in [0.1, 0.15) is 18.8 Å². The molecule has 1 aromatic rings. The molecule has 2 saturated heterocycles. The summed E-state index contributed by atoms with van der Waals surface area (Å²) in [4.78, 5) is 0. The number of rotatable bonds is 3. The van der Waals surface area contributed by atoms with Crippen LogP contribution in [0.25, 0.3) is 0 Å². The van der Waals surface area contributed by atoms with Crippen LogP contribution in [0, 0.1) is 0 Å². The van der Waals surface area contributed by atoms with E-state index in [2.05, 4.69) is 0 Å². The molecule has 0 amide bonds. The zero-order valence-electron chi connectivity index (χ0n) is 13.2. The average molecular weight is 362 g/mol. The lowest BCUT2D eigenvalue weighted by atomic mass is 9.94. The zero-order valence-corrected chi connectivity index (χ0v) is 14.0. The second kappa shape index (κ2) is 6.32. The number of ether oxygens (including phenoxy) is 3. The first-order chi connectivity index (χ1) is 11.2. The van der Waals surface area contributed by atoms with Crippen molar-refractivity contribution < 1.29 is 36.3 Å². The molecule has 0 aliphatic carbocycles. The Morgan fingerprint density at radius 2 is 2.00 bits per heavy atom. The summed E-state index contributed by atoms with van der Waals surface area (Å²) in [5, 5.41) is 10.0. The monoisotopic (exact) mass is 362 g/mol. The fraction of sp³-hybridized carbons (Fsp3) is 0.600. The van der Waals surface area contributed by atoms with Crippen LogP contribution in [-0.4, -0.2) is 56.7 Å². The highest BCUT2D eigenvalue weighted by Gasteiger charge is 2.56. The third-order valence-corrected chi connectivity index (χ3v) is 4.50. The predicted molar refractivity (Wildman–Crippen MR) is 80.1 cm³/mol. The summed E-state index contributed by atoms with van der Waals surface area (Å²) < 4.78 is 58.9. The van der Waals surface area contributed by atoms with Crippen LogP contribution < -0.4 is 0 Å². The second-order valence-electron chi connectivity index (χ2n) is 6.05. The van der Waals surface area contributed by atoms with Crippen LogP contribution >= 0.6 is 0 Å². The molecule has 0 saturated carbocycles. The van der Waals surface area contributed by atoms with Gasteiger partial charge in [-0.15, -0.1) is 0 Å². The normalized spacial score (nSPS) is 40.1. The first kappa shape index (κ1) is 17.7. The lowest BCUT2D eigenvalue weighted by molar-refractivity contribution is -0.375. The van der Waals surface area contributed by atoms with E-state index in [-0.39, 0.29) is 6.61 Å². The van der Waals surface area contributed by atoms with Crippen molar-refractivity contribution in [3.05, 3.63) is 35.9 Å². The molecule has 2 heterocycles. The van der Waals surface area contributed by atoms with E-state index in [0.29, 0.717) is 5.56 Å². The molecular formula is C15H19FO7S. The molecule has 0 bridgehead atoms. The summed E-state index contributed by atoms with van der Waals surface area (Å²) in [7, 11) is -3.97. The van der Waals surface area contributed by atoms with E-state index in [1.807, 2.05) is 6.07 Å². The SMILES string of the molecule is C[C@@]1(O)O[C@@H]2COC(c3ccccc3)O[C@H]2[C@H](OS(C)(=O)=O)[C@H]1F. The molecule has 7 nitrogen and oxygen atoms in total. The highest BCUT2D eigenvalue weighted by molar-refractivity contribution is 7.86. The molecule has 0 aromatic heterocycles. The highest BCUT2D eigenvalue weighted by atomic mass is 32.2. The Kier molecular flexibility index (Phi) is 4.67. The van der Waals surface area contributed by atoms with Gasteiger partial charge in [0.1, 0.15) is 18.3 Å². The summed E-state index contributed by atoms with van der Waals surface area (Å²) in [6.45, 7) is 1.10. The van der Waals surface area contributed by atoms with Gasteiger partial charge in [0.05, 0.1) is 12.9 Å². The Hall–Kier alpha value is -1.10. The molecule has 0 spiro atoms. The van der Waals surface area contributed by atoms with Crippen molar-refractivity contribution in [1.29, 1.82) is 0 Å². The van der Waals surface area contributed by atoms with Crippen molar-refractivity contribution >= 4 is 10.1 Å². The van der Waals surface area contributed by atoms with Crippen LogP contribution in [0.4, 0.5) is 4.39 Å². The van der Waals surface area contributed by atoms with E-state index in [1.165, 1.54) is 0 Å². The molecule has 2 aliphatic heterocycles. The van der Waals surface area contributed by atoms with Crippen LogP contribution in [0.3, 0.4) is 0 Å². The van der Waals surface area contributed by atoms with Crippen molar-refractivity contribution in [1.82, 2.24) is 0 Å². The fourth-order valence-corrected chi connectivity index (χ4v) is 3.48. The fourth-order valence-electron chi connectivity index (χ4n) is 2.87. The quantitative estimate of drug-likeness (QED) is 0.799. The molecular weight excluding hydrogens is 343 g/mol. The molecule has 3 rings (SSSR count). The Morgan fingerprint density at radius 3 is 2.62 bits per heavy atom. The smallest absolute Gasteiger partial charge is 0.264 e. The second-order valence-corrected chi connectivity index (χ2v) is 7.66. The molecule has 1 N–H and O–H groups in total. The van der Waals surface area contributed by atoms with Gasteiger partial charge in [-0.2, -0.15) is 8.42 Å². The van der Waals surface area contributed by atoms with E-state index < -0.39 is 46.7 Å². The van der Waals surface area contributed by atoms with E-state index >= 15 is 0 Å². The van der Waals surface area contributed by atoms with E-state index in [0.717, 1.165) is 13.2 Å². The van der Waals surface area contributed by atoms with Gasteiger partial charge >= 0.3 is 0 Å². The van der Waals surface area contributed by atoms with Gasteiger partial charge in [-0.1, -0.05) is 30.3 Å². The minimum atomic E-state index is -3.97. The predicted octanol–water partition coefficient (Wildman–Crippen LogP) is 0.891. The third-order valence-electron chi connectivity index (χ3n) is 3.93. The number of hydrogen-bond acceptors (Lipinski definition) is 7. The van der Waals surface area contributed by atoms with Gasteiger partial charge in [0.25, 0.3) is 10.1 Å². The topological polar surface area (TPSA) is 91.3 Å². The number of aliphatic hydroxyl groups is 1. The van der Waals surface area contributed by atoms with Crippen molar-refractivity contribution in [2.45, 2.75) is 43.5 Å². The van der Waals surface area contributed by atoms with Gasteiger partial charge in [0.15, 0.2) is 18.2 Å². The summed E-state index contributed by atoms with van der Waals surface area (Å²) in [5.41, 5.74) is 0.696. The summed E-state index contributed by atoms with van der Waals surface area (Å²) >= 11 is 0. The Balaban J connectivity index is 1.87. The summed E-state index contributed by atoms with van der Waals surface area (Å²) in [6, 6.07) is 8.94. The maximum atomic E-state index is 14.6. The maximum Gasteiger partial charge on any atom is 0.264 e. The minimum absolute atomic E-state index is 0.00325. The van der Waals surface area contributed by atoms with Gasteiger partial charge in [0.2, 0.25) is 0 Å². The van der Waals surface area contributed by atoms with Crippen molar-refractivity contribution in [2.24, 2.45) is 0 Å². The first-order valence-corrected chi connectivity index (χ1v) is 9.23. The van der Waals surface area contributed by atoms with Crippen LogP contribution in [0.5, 0.6) is 0 Å². The number of halogens is 1. The number of alkyl halides is 1. The molecule has 9 heteroatoms. The minimum Gasteiger partial charge on any atom is -0.363 e. The molecule has 0 radical (unpaired) electrons. The Labute approximate surface area is 139 Å². The zero-order chi connectivity index (χ0) is 17.5. The molecule has 134 valence electrons. The van der Waals surface area contributed by atoms with Gasteiger partial charge in [-0.05, 0) is 6.92 Å². The van der Waals surface area contributed by atoms with Crippen LogP contribution in [-0.2, 0) is 28.5 Å². The summed E-state index contributed by atoms with van der Waals surface area (Å²) in [6.07, 6.45) is -5.55. The molecule has 6 atom stereocenters. The third kappa shape index (κ3) is 3.61. The first-order valence-electron chi connectivity index (χ1n) is 7.42. The molecule has 24 heavy (non-hydrogen) atoms. The van der Waals surface area contributed by atoms with Crippen molar-refractivity contribution in [3.63, 3.8) is 0 Å². The van der Waals surface area contributed by atoms with E-state index in [4.69, 9.17) is 18.4 Å². The Morgan fingerprint density at radius 1 is 1.33 bits per heavy atom. The highest BCUT2D eigenvalue weighted by Crippen LogP contribution is 2.39. The maximum absolute atomic E-state index is 14.6. The van der Waals surface area contributed by atoms with Crippen LogP contribution in [0.2, 0.25) is 0 Å². The van der Waals surface area contributed by atoms with Crippen LogP contribution in [0.15, 0.2) is 30.3 Å². The average Bonchev–Trinajstić information content (AvgIpc) is 2.51. The van der Waals surface area contributed by atoms with Gasteiger partial charge < -0.3 is 19.3 Å². The van der Waals surface area contributed by atoms with Gasteiger partial charge in [-0.3, -0.25) is 4.18 Å². The Bertz CT molecular complexity index is 678. The van der Waals surface area contributed by atoms with Crippen molar-refractivity contribution in [3.8, 4) is 0 Å². The lowest BCUT2D eigenvalue weighted by Crippen LogP contribution is -2.65. The van der Waals surface area contributed by atoms with Gasteiger partial charge in [0, 0.05) is 5.56 Å². The molecule has 1 unspecified atom stereocenters. The van der Waals surface area contributed by atoms with Gasteiger partial charge in [-0.25, -0.2) is 4.39 Å². The van der Waals surface area contributed by atoms with Crippen molar-refractivity contribution in [2.75, 3.05) is 12.9 Å². The lowest BCUT2D eigenvalue weighted by Gasteiger charge is -2.48. The van der Waals surface area contributed by atoms with E-state index in [9.17, 15) is 17.9 Å². The number of fused-ring (bicyclic) bond motifs is 1. The van der Waals surface area contributed by atoms with E-state index in [1.54, 1.807) is 24.3 Å². The largest absolute Gasteiger partial charge is 0.363 e. The number of hydrogen-bond donors (Lipinski definition) is 1. The summed E-state index contributed by atoms with van der Waals surface area (Å²) in [5.74, 6) is -2.21. The molecule has 2 fully saturated rings. The number of benzene rings is 1. The standard InChI is InChI=1S/C15H19FO7S/c1-15(17)13(16)12(23-24(2,18)19)11-10(22-15)8-20-14(21-11)9-6-4-3-5-7-9/h3-7,10-14,17H,8H2,1-2H3/t10-,11-,12+,13-,14?,15-/m1/s1. The molecule has 2 aliphatic rings.